The Kier molecular flexibility index (Phi) is 4.68. The van der Waals surface area contributed by atoms with Gasteiger partial charge in [-0.1, -0.05) is 18.2 Å². The molecule has 0 saturated carbocycles. The standard InChI is InChI=1S/C20H20F2N2O/c1-11(14-8-9-16(21)17(22)10-14)23-13(3)20(25)19-12(2)24-18-7-5-4-6-15(18)19/h4-11,13,23-24H,1-3H3/p+1/t11-,13+/m1/s1. The fourth-order valence-corrected chi connectivity index (χ4v) is 3.25. The molecule has 0 unspecified atom stereocenters. The molecule has 130 valence electrons. The van der Waals surface area contributed by atoms with Gasteiger partial charge in [0.2, 0.25) is 5.78 Å². The molecule has 0 saturated heterocycles. The molecule has 2 aromatic carbocycles. The van der Waals surface area contributed by atoms with Crippen molar-refractivity contribution in [3.05, 3.63) is 70.9 Å². The van der Waals surface area contributed by atoms with Crippen LogP contribution in [0.3, 0.4) is 0 Å². The van der Waals surface area contributed by atoms with Crippen molar-refractivity contribution in [2.45, 2.75) is 32.9 Å². The van der Waals surface area contributed by atoms with E-state index in [-0.39, 0.29) is 17.9 Å². The number of halogens is 2. The molecule has 0 amide bonds. The summed E-state index contributed by atoms with van der Waals surface area (Å²) in [6, 6.07) is 11.0. The van der Waals surface area contributed by atoms with Crippen molar-refractivity contribution in [1.29, 1.82) is 0 Å². The molecule has 5 heteroatoms. The number of hydrogen-bond donors (Lipinski definition) is 2. The minimum atomic E-state index is -0.871. The number of Topliss-reactive ketones (excluding diaryl/α,β-unsaturated/α-hetero) is 1. The zero-order valence-electron chi connectivity index (χ0n) is 14.4. The summed E-state index contributed by atoms with van der Waals surface area (Å²) in [7, 11) is 0. The van der Waals surface area contributed by atoms with Crippen LogP contribution in [0.25, 0.3) is 10.9 Å². The van der Waals surface area contributed by atoms with Crippen molar-refractivity contribution < 1.29 is 18.9 Å². The van der Waals surface area contributed by atoms with E-state index in [1.807, 2.05) is 50.4 Å². The molecular formula is C20H21F2N2O+. The third-order valence-corrected chi connectivity index (χ3v) is 4.60. The summed E-state index contributed by atoms with van der Waals surface area (Å²) < 4.78 is 26.5. The molecule has 3 aromatic rings. The summed E-state index contributed by atoms with van der Waals surface area (Å²) in [4.78, 5) is 16.2. The first-order valence-electron chi connectivity index (χ1n) is 8.30. The molecule has 3 nitrogen and oxygen atoms in total. The average molecular weight is 343 g/mol. The lowest BCUT2D eigenvalue weighted by Gasteiger charge is -2.16. The predicted molar refractivity (Wildman–Crippen MR) is 93.5 cm³/mol. The van der Waals surface area contributed by atoms with Crippen LogP contribution in [0.1, 0.15) is 41.5 Å². The number of hydrogen-bond acceptors (Lipinski definition) is 1. The van der Waals surface area contributed by atoms with Gasteiger partial charge in [0.15, 0.2) is 11.6 Å². The second kappa shape index (κ2) is 6.76. The van der Waals surface area contributed by atoms with E-state index in [4.69, 9.17) is 0 Å². The number of aromatic amines is 1. The van der Waals surface area contributed by atoms with Crippen LogP contribution in [0.2, 0.25) is 0 Å². The third kappa shape index (κ3) is 3.33. The predicted octanol–water partition coefficient (Wildman–Crippen LogP) is 3.65. The molecule has 2 atom stereocenters. The van der Waals surface area contributed by atoms with Gasteiger partial charge >= 0.3 is 0 Å². The van der Waals surface area contributed by atoms with Crippen LogP contribution in [-0.4, -0.2) is 16.8 Å². The van der Waals surface area contributed by atoms with E-state index < -0.39 is 11.6 Å². The molecule has 0 aliphatic rings. The molecule has 0 spiro atoms. The van der Waals surface area contributed by atoms with Gasteiger partial charge < -0.3 is 10.3 Å². The van der Waals surface area contributed by atoms with E-state index in [0.717, 1.165) is 22.7 Å². The molecule has 25 heavy (non-hydrogen) atoms. The van der Waals surface area contributed by atoms with Gasteiger partial charge in [0.05, 0.1) is 5.56 Å². The maximum atomic E-state index is 13.4. The Balaban J connectivity index is 1.82. The number of fused-ring (bicyclic) bond motifs is 1. The normalized spacial score (nSPS) is 13.8. The summed E-state index contributed by atoms with van der Waals surface area (Å²) in [5.41, 5.74) is 3.11. The van der Waals surface area contributed by atoms with Gasteiger partial charge in [-0.25, -0.2) is 8.78 Å². The minimum absolute atomic E-state index is 0.0179. The number of nitrogens with two attached hydrogens (primary N) is 1. The number of aryl methyl sites for hydroxylation is 1. The molecule has 0 aliphatic carbocycles. The number of benzene rings is 2. The van der Waals surface area contributed by atoms with Gasteiger partial charge in [0, 0.05) is 22.2 Å². The number of H-pyrrole nitrogens is 1. The van der Waals surface area contributed by atoms with Gasteiger partial charge in [-0.15, -0.1) is 0 Å². The van der Waals surface area contributed by atoms with Gasteiger partial charge in [0.1, 0.15) is 12.1 Å². The molecule has 0 radical (unpaired) electrons. The highest BCUT2D eigenvalue weighted by Gasteiger charge is 2.26. The number of rotatable bonds is 5. The van der Waals surface area contributed by atoms with Crippen molar-refractivity contribution in [3.63, 3.8) is 0 Å². The number of aromatic nitrogens is 1. The average Bonchev–Trinajstić information content (AvgIpc) is 2.92. The SMILES string of the molecule is Cc1[nH]c2ccccc2c1C(=O)[C@H](C)[NH2+][C@H](C)c1ccc(F)c(F)c1. The highest BCUT2D eigenvalue weighted by molar-refractivity contribution is 6.10. The van der Waals surface area contributed by atoms with Gasteiger partial charge in [-0.2, -0.15) is 0 Å². The van der Waals surface area contributed by atoms with Gasteiger partial charge in [-0.3, -0.25) is 4.79 Å². The molecule has 3 rings (SSSR count). The van der Waals surface area contributed by atoms with Crippen LogP contribution >= 0.6 is 0 Å². The summed E-state index contributed by atoms with van der Waals surface area (Å²) in [6.45, 7) is 5.59. The molecule has 0 aliphatic heterocycles. The zero-order chi connectivity index (χ0) is 18.1. The highest BCUT2D eigenvalue weighted by atomic mass is 19.2. The lowest BCUT2D eigenvalue weighted by atomic mass is 10.00. The Morgan fingerprint density at radius 3 is 2.52 bits per heavy atom. The molecule has 3 N–H and O–H groups in total. The number of ketones is 1. The second-order valence-corrected chi connectivity index (χ2v) is 6.48. The van der Waals surface area contributed by atoms with Crippen molar-refractivity contribution >= 4 is 16.7 Å². The topological polar surface area (TPSA) is 49.5 Å². The number of nitrogens with one attached hydrogen (secondary N) is 1. The van der Waals surface area contributed by atoms with Crippen LogP contribution in [-0.2, 0) is 0 Å². The maximum absolute atomic E-state index is 13.4. The first-order chi connectivity index (χ1) is 11.9. The summed E-state index contributed by atoms with van der Waals surface area (Å²) in [6.07, 6.45) is 0. The monoisotopic (exact) mass is 343 g/mol. The van der Waals surface area contributed by atoms with Crippen molar-refractivity contribution in [2.75, 3.05) is 0 Å². The number of carbonyl (C=O) groups is 1. The largest absolute Gasteiger partial charge is 0.358 e. The number of para-hydroxylation sites is 1. The van der Waals surface area contributed by atoms with Crippen molar-refractivity contribution in [2.24, 2.45) is 0 Å². The van der Waals surface area contributed by atoms with E-state index in [0.29, 0.717) is 11.1 Å². The zero-order valence-corrected chi connectivity index (χ0v) is 14.4. The van der Waals surface area contributed by atoms with E-state index in [1.165, 1.54) is 6.07 Å². The van der Waals surface area contributed by atoms with E-state index in [1.54, 1.807) is 6.07 Å². The smallest absolute Gasteiger partial charge is 0.221 e. The summed E-state index contributed by atoms with van der Waals surface area (Å²) in [5, 5.41) is 2.78. The number of carbonyl (C=O) groups excluding carboxylic acids is 1. The Labute approximate surface area is 145 Å². The molecule has 1 heterocycles. The minimum Gasteiger partial charge on any atom is -0.358 e. The van der Waals surface area contributed by atoms with E-state index >= 15 is 0 Å². The van der Waals surface area contributed by atoms with Crippen molar-refractivity contribution in [1.82, 2.24) is 4.98 Å². The quantitative estimate of drug-likeness (QED) is 0.683. The molecule has 0 fully saturated rings. The fraction of sp³-hybridized carbons (Fsp3) is 0.250. The first kappa shape index (κ1) is 17.3. The Morgan fingerprint density at radius 1 is 1.08 bits per heavy atom. The fourth-order valence-electron chi connectivity index (χ4n) is 3.25. The van der Waals surface area contributed by atoms with Crippen LogP contribution in [0.4, 0.5) is 8.78 Å². The number of quaternary nitrogens is 1. The van der Waals surface area contributed by atoms with Crippen LogP contribution < -0.4 is 5.32 Å². The molecule has 0 bridgehead atoms. The summed E-state index contributed by atoms with van der Waals surface area (Å²) in [5.74, 6) is -1.72. The third-order valence-electron chi connectivity index (χ3n) is 4.60. The Bertz CT molecular complexity index is 933. The molecule has 1 aromatic heterocycles. The van der Waals surface area contributed by atoms with Crippen LogP contribution in [0.15, 0.2) is 42.5 Å². The second-order valence-electron chi connectivity index (χ2n) is 6.48. The van der Waals surface area contributed by atoms with E-state index in [2.05, 4.69) is 4.98 Å². The lowest BCUT2D eigenvalue weighted by Crippen LogP contribution is -2.91. The van der Waals surface area contributed by atoms with Crippen LogP contribution in [0, 0.1) is 18.6 Å². The van der Waals surface area contributed by atoms with Crippen molar-refractivity contribution in [3.8, 4) is 0 Å². The Morgan fingerprint density at radius 2 is 1.80 bits per heavy atom. The Hall–Kier alpha value is -2.53. The summed E-state index contributed by atoms with van der Waals surface area (Å²) >= 11 is 0. The lowest BCUT2D eigenvalue weighted by molar-refractivity contribution is -0.709. The van der Waals surface area contributed by atoms with E-state index in [9.17, 15) is 13.6 Å². The van der Waals surface area contributed by atoms with Gasteiger partial charge in [-0.05, 0) is 45.0 Å². The maximum Gasteiger partial charge on any atom is 0.221 e. The van der Waals surface area contributed by atoms with Gasteiger partial charge in [0.25, 0.3) is 0 Å². The molecular weight excluding hydrogens is 322 g/mol. The van der Waals surface area contributed by atoms with Crippen LogP contribution in [0.5, 0.6) is 0 Å². The first-order valence-corrected chi connectivity index (χ1v) is 8.30. The highest BCUT2D eigenvalue weighted by Crippen LogP contribution is 2.23.